The van der Waals surface area contributed by atoms with Crippen LogP contribution in [0.5, 0.6) is 11.5 Å². The fraction of sp³-hybridized carbons (Fsp3) is 0.250. The van der Waals surface area contributed by atoms with Crippen LogP contribution in [-0.4, -0.2) is 12.2 Å². The number of phenols is 1. The maximum absolute atomic E-state index is 9.98. The number of hydrogen-bond acceptors (Lipinski definition) is 3. The minimum atomic E-state index is 0.197. The highest BCUT2D eigenvalue weighted by atomic mass is 16.5. The number of ether oxygens (including phenoxy) is 1. The van der Waals surface area contributed by atoms with E-state index in [2.05, 4.69) is 36.5 Å². The van der Waals surface area contributed by atoms with Crippen LogP contribution in [0.1, 0.15) is 18.1 Å². The predicted octanol–water partition coefficient (Wildman–Crippen LogP) is 3.58. The molecule has 100 valence electrons. The molecule has 0 amide bonds. The standard InChI is InChI=1S/C16H19NO2/c1-3-12-7-9-14(10-8-12)17-11-13-5-4-6-15(19-2)16(13)18/h4-10,17-18H,3,11H2,1-2H3. The number of rotatable bonds is 5. The Kier molecular flexibility index (Phi) is 4.29. The molecule has 19 heavy (non-hydrogen) atoms. The smallest absolute Gasteiger partial charge is 0.162 e. The Morgan fingerprint density at radius 2 is 1.84 bits per heavy atom. The summed E-state index contributed by atoms with van der Waals surface area (Å²) in [6.07, 6.45) is 1.04. The van der Waals surface area contributed by atoms with Gasteiger partial charge in [-0.2, -0.15) is 0 Å². The van der Waals surface area contributed by atoms with Crippen LogP contribution in [0.3, 0.4) is 0 Å². The predicted molar refractivity (Wildman–Crippen MR) is 77.8 cm³/mol. The zero-order chi connectivity index (χ0) is 13.7. The van der Waals surface area contributed by atoms with Gasteiger partial charge in [-0.1, -0.05) is 31.2 Å². The molecule has 0 spiro atoms. The summed E-state index contributed by atoms with van der Waals surface area (Å²) in [5.74, 6) is 0.698. The summed E-state index contributed by atoms with van der Waals surface area (Å²) in [6, 6.07) is 13.8. The third-order valence-electron chi connectivity index (χ3n) is 3.15. The number of benzene rings is 2. The van der Waals surface area contributed by atoms with Crippen molar-refractivity contribution in [3.8, 4) is 11.5 Å². The molecule has 0 aliphatic heterocycles. The van der Waals surface area contributed by atoms with Crippen LogP contribution in [0.2, 0.25) is 0 Å². The normalized spacial score (nSPS) is 10.2. The molecule has 2 aromatic carbocycles. The van der Waals surface area contributed by atoms with Crippen molar-refractivity contribution in [1.82, 2.24) is 0 Å². The molecule has 2 rings (SSSR count). The van der Waals surface area contributed by atoms with Gasteiger partial charge in [0.2, 0.25) is 0 Å². The van der Waals surface area contributed by atoms with Gasteiger partial charge in [0.25, 0.3) is 0 Å². The average molecular weight is 257 g/mol. The summed E-state index contributed by atoms with van der Waals surface area (Å²) in [4.78, 5) is 0. The zero-order valence-corrected chi connectivity index (χ0v) is 11.3. The van der Waals surface area contributed by atoms with E-state index in [4.69, 9.17) is 4.74 Å². The van der Waals surface area contributed by atoms with Crippen LogP contribution >= 0.6 is 0 Å². The Labute approximate surface area is 113 Å². The molecule has 0 saturated carbocycles. The lowest BCUT2D eigenvalue weighted by molar-refractivity contribution is 0.371. The molecule has 3 heteroatoms. The van der Waals surface area contributed by atoms with Crippen LogP contribution < -0.4 is 10.1 Å². The Bertz CT molecular complexity index is 535. The van der Waals surface area contributed by atoms with Gasteiger partial charge in [0.05, 0.1) is 7.11 Å². The van der Waals surface area contributed by atoms with E-state index in [1.54, 1.807) is 13.2 Å². The third kappa shape index (κ3) is 3.19. The first-order valence-electron chi connectivity index (χ1n) is 6.42. The molecular formula is C16H19NO2. The van der Waals surface area contributed by atoms with Crippen molar-refractivity contribution in [3.05, 3.63) is 53.6 Å². The van der Waals surface area contributed by atoms with Crippen molar-refractivity contribution < 1.29 is 9.84 Å². The number of para-hydroxylation sites is 1. The summed E-state index contributed by atoms with van der Waals surface area (Å²) in [5.41, 5.74) is 3.17. The highest BCUT2D eigenvalue weighted by Gasteiger charge is 2.06. The van der Waals surface area contributed by atoms with Gasteiger partial charge in [-0.15, -0.1) is 0 Å². The summed E-state index contributed by atoms with van der Waals surface area (Å²) < 4.78 is 5.09. The topological polar surface area (TPSA) is 41.5 Å². The number of anilines is 1. The van der Waals surface area contributed by atoms with E-state index in [1.807, 2.05) is 12.1 Å². The van der Waals surface area contributed by atoms with Gasteiger partial charge in [0.15, 0.2) is 11.5 Å². The van der Waals surface area contributed by atoms with Crippen molar-refractivity contribution in [3.63, 3.8) is 0 Å². The first kappa shape index (κ1) is 13.3. The fourth-order valence-corrected chi connectivity index (χ4v) is 1.93. The lowest BCUT2D eigenvalue weighted by Gasteiger charge is -2.11. The molecule has 0 saturated heterocycles. The minimum Gasteiger partial charge on any atom is -0.504 e. The molecule has 0 bridgehead atoms. The van der Waals surface area contributed by atoms with Gasteiger partial charge in [-0.3, -0.25) is 0 Å². The molecule has 0 atom stereocenters. The highest BCUT2D eigenvalue weighted by molar-refractivity contribution is 5.49. The zero-order valence-electron chi connectivity index (χ0n) is 11.3. The van der Waals surface area contributed by atoms with Crippen LogP contribution in [0.4, 0.5) is 5.69 Å². The minimum absolute atomic E-state index is 0.197. The lowest BCUT2D eigenvalue weighted by Crippen LogP contribution is -2.00. The monoisotopic (exact) mass is 257 g/mol. The average Bonchev–Trinajstić information content (AvgIpc) is 2.47. The molecule has 0 aliphatic carbocycles. The number of nitrogens with one attached hydrogen (secondary N) is 1. The lowest BCUT2D eigenvalue weighted by atomic mass is 10.1. The van der Waals surface area contributed by atoms with E-state index in [0.717, 1.165) is 17.7 Å². The molecule has 0 aliphatic rings. The Morgan fingerprint density at radius 3 is 2.47 bits per heavy atom. The molecule has 0 aromatic heterocycles. The van der Waals surface area contributed by atoms with E-state index < -0.39 is 0 Å². The van der Waals surface area contributed by atoms with Gasteiger partial charge >= 0.3 is 0 Å². The summed E-state index contributed by atoms with van der Waals surface area (Å²) in [7, 11) is 1.55. The van der Waals surface area contributed by atoms with Crippen molar-refractivity contribution >= 4 is 5.69 Å². The molecule has 2 aromatic rings. The maximum Gasteiger partial charge on any atom is 0.162 e. The SMILES string of the molecule is CCc1ccc(NCc2cccc(OC)c2O)cc1. The summed E-state index contributed by atoms with van der Waals surface area (Å²) in [6.45, 7) is 2.70. The second-order valence-corrected chi connectivity index (χ2v) is 4.37. The quantitative estimate of drug-likeness (QED) is 0.860. The van der Waals surface area contributed by atoms with E-state index in [1.165, 1.54) is 5.56 Å². The van der Waals surface area contributed by atoms with Gasteiger partial charge in [0, 0.05) is 17.8 Å². The third-order valence-corrected chi connectivity index (χ3v) is 3.15. The van der Waals surface area contributed by atoms with Gasteiger partial charge in [0.1, 0.15) is 0 Å². The molecule has 0 fully saturated rings. The Morgan fingerprint density at radius 1 is 1.11 bits per heavy atom. The van der Waals surface area contributed by atoms with E-state index in [9.17, 15) is 5.11 Å². The molecule has 3 nitrogen and oxygen atoms in total. The number of aromatic hydroxyl groups is 1. The van der Waals surface area contributed by atoms with Crippen molar-refractivity contribution in [2.75, 3.05) is 12.4 Å². The number of hydrogen-bond donors (Lipinski definition) is 2. The van der Waals surface area contributed by atoms with Crippen molar-refractivity contribution in [2.24, 2.45) is 0 Å². The molecule has 0 unspecified atom stereocenters. The van der Waals surface area contributed by atoms with E-state index in [-0.39, 0.29) is 5.75 Å². The van der Waals surface area contributed by atoms with Crippen LogP contribution in [-0.2, 0) is 13.0 Å². The first-order valence-corrected chi connectivity index (χ1v) is 6.42. The van der Waals surface area contributed by atoms with Crippen LogP contribution in [0, 0.1) is 0 Å². The Hall–Kier alpha value is -2.16. The number of methoxy groups -OCH3 is 1. The Balaban J connectivity index is 2.05. The summed E-state index contributed by atoms with van der Waals surface area (Å²) >= 11 is 0. The van der Waals surface area contributed by atoms with Crippen molar-refractivity contribution in [1.29, 1.82) is 0 Å². The second kappa shape index (κ2) is 6.14. The van der Waals surface area contributed by atoms with Gasteiger partial charge in [-0.05, 0) is 30.2 Å². The summed E-state index contributed by atoms with van der Waals surface area (Å²) in [5, 5.41) is 13.3. The molecule has 2 N–H and O–H groups in total. The van der Waals surface area contributed by atoms with Crippen LogP contribution in [0.15, 0.2) is 42.5 Å². The van der Waals surface area contributed by atoms with Gasteiger partial charge in [-0.25, -0.2) is 0 Å². The molecular weight excluding hydrogens is 238 g/mol. The van der Waals surface area contributed by atoms with Crippen LogP contribution in [0.25, 0.3) is 0 Å². The first-order chi connectivity index (χ1) is 9.24. The highest BCUT2D eigenvalue weighted by Crippen LogP contribution is 2.29. The van der Waals surface area contributed by atoms with E-state index in [0.29, 0.717) is 12.3 Å². The molecule has 0 heterocycles. The number of phenolic OH excluding ortho intramolecular Hbond substituents is 1. The van der Waals surface area contributed by atoms with Crippen molar-refractivity contribution in [2.45, 2.75) is 19.9 Å². The maximum atomic E-state index is 9.98. The second-order valence-electron chi connectivity index (χ2n) is 4.37. The fourth-order valence-electron chi connectivity index (χ4n) is 1.93. The molecule has 0 radical (unpaired) electrons. The largest absolute Gasteiger partial charge is 0.504 e. The van der Waals surface area contributed by atoms with Gasteiger partial charge < -0.3 is 15.2 Å². The van der Waals surface area contributed by atoms with E-state index >= 15 is 0 Å². The number of aryl methyl sites for hydroxylation is 1.